The Bertz CT molecular complexity index is 3250. The molecule has 0 saturated carbocycles. The van der Waals surface area contributed by atoms with E-state index in [2.05, 4.69) is 217 Å². The molecule has 0 spiro atoms. The van der Waals surface area contributed by atoms with Gasteiger partial charge in [-0.15, -0.1) is 0 Å². The van der Waals surface area contributed by atoms with Gasteiger partial charge in [-0.3, -0.25) is 0 Å². The largest absolute Gasteiger partial charge is 0.456 e. The van der Waals surface area contributed by atoms with Crippen molar-refractivity contribution in [1.82, 2.24) is 4.57 Å². The van der Waals surface area contributed by atoms with Crippen LogP contribution in [0, 0.1) is 0 Å². The third-order valence-corrected chi connectivity index (χ3v) is 11.5. The first-order chi connectivity index (χ1) is 28.2. The van der Waals surface area contributed by atoms with Crippen molar-refractivity contribution in [2.45, 2.75) is 6.42 Å². The third kappa shape index (κ3) is 5.91. The van der Waals surface area contributed by atoms with Gasteiger partial charge in [-0.25, -0.2) is 0 Å². The van der Waals surface area contributed by atoms with Crippen molar-refractivity contribution in [2.24, 2.45) is 0 Å². The van der Waals surface area contributed by atoms with Crippen LogP contribution in [0.15, 0.2) is 211 Å². The average molecular weight is 728 g/mol. The molecule has 0 bridgehead atoms. The Morgan fingerprint density at radius 1 is 0.439 bits per heavy atom. The van der Waals surface area contributed by atoms with E-state index in [1.165, 1.54) is 77.1 Å². The van der Waals surface area contributed by atoms with E-state index in [4.69, 9.17) is 4.42 Å². The lowest BCUT2D eigenvalue weighted by atomic mass is 9.90. The predicted octanol–water partition coefficient (Wildman–Crippen LogP) is 15.0. The Labute approximate surface area is 331 Å². The molecule has 0 fully saturated rings. The molecular formula is C55H37NO. The van der Waals surface area contributed by atoms with Gasteiger partial charge in [-0.1, -0.05) is 164 Å². The summed E-state index contributed by atoms with van der Waals surface area (Å²) in [6, 6.07) is 74.4. The van der Waals surface area contributed by atoms with Crippen LogP contribution in [0.2, 0.25) is 0 Å². The highest BCUT2D eigenvalue weighted by Gasteiger charge is 2.15. The first-order valence-electron chi connectivity index (χ1n) is 19.6. The van der Waals surface area contributed by atoms with E-state index in [0.717, 1.165) is 34.0 Å². The minimum absolute atomic E-state index is 0.789. The number of nitrogens with zero attached hydrogens (tertiary/aromatic N) is 1. The summed E-state index contributed by atoms with van der Waals surface area (Å²) in [6.07, 6.45) is 3.14. The predicted molar refractivity (Wildman–Crippen MR) is 241 cm³/mol. The Balaban J connectivity index is 0.940. The number of fused-ring (bicyclic) bond motifs is 7. The molecule has 0 radical (unpaired) electrons. The lowest BCUT2D eigenvalue weighted by Gasteiger charge is -2.14. The molecule has 0 N–H and O–H groups in total. The highest BCUT2D eigenvalue weighted by molar-refractivity contribution is 6.11. The van der Waals surface area contributed by atoms with Crippen LogP contribution >= 0.6 is 0 Å². The molecule has 0 saturated heterocycles. The Kier molecular flexibility index (Phi) is 7.93. The minimum Gasteiger partial charge on any atom is -0.456 e. The molecule has 0 unspecified atom stereocenters. The molecule has 2 aromatic heterocycles. The van der Waals surface area contributed by atoms with Crippen LogP contribution in [0.4, 0.5) is 0 Å². The smallest absolute Gasteiger partial charge is 0.136 e. The number of allylic oxidation sites excluding steroid dienone is 1. The highest BCUT2D eigenvalue weighted by Crippen LogP contribution is 2.38. The van der Waals surface area contributed by atoms with Crippen molar-refractivity contribution in [2.75, 3.05) is 0 Å². The molecule has 2 heterocycles. The van der Waals surface area contributed by atoms with Crippen LogP contribution in [-0.4, -0.2) is 4.57 Å². The van der Waals surface area contributed by atoms with Gasteiger partial charge in [-0.2, -0.15) is 0 Å². The Hall–Kier alpha value is -7.42. The highest BCUT2D eigenvalue weighted by atomic mass is 16.3. The second kappa shape index (κ2) is 13.7. The molecule has 57 heavy (non-hydrogen) atoms. The summed E-state index contributed by atoms with van der Waals surface area (Å²) in [5, 5.41) is 7.24. The van der Waals surface area contributed by atoms with Crippen molar-refractivity contribution < 1.29 is 4.42 Å². The van der Waals surface area contributed by atoms with Gasteiger partial charge in [0.2, 0.25) is 0 Å². The van der Waals surface area contributed by atoms with Gasteiger partial charge in [0.05, 0.1) is 11.0 Å². The Morgan fingerprint density at radius 3 is 1.88 bits per heavy atom. The second-order valence-corrected chi connectivity index (χ2v) is 14.9. The molecule has 0 aliphatic carbocycles. The maximum absolute atomic E-state index is 6.35. The van der Waals surface area contributed by atoms with Crippen molar-refractivity contribution in [3.05, 3.63) is 223 Å². The second-order valence-electron chi connectivity index (χ2n) is 14.9. The maximum atomic E-state index is 6.35. The SMILES string of the molecule is C(=C(\Cc1ccccc1-c1ccc2oc3cc4ccccc4cc3c2c1)c1ccccc1)/c1ccc(-c2cccc(-n3c4ccccc4c4ccccc43)c2)cc1. The number of furan rings is 1. The monoisotopic (exact) mass is 727 g/mol. The van der Waals surface area contributed by atoms with E-state index >= 15 is 0 Å². The molecule has 0 amide bonds. The van der Waals surface area contributed by atoms with Gasteiger partial charge in [0.15, 0.2) is 0 Å². The van der Waals surface area contributed by atoms with Crippen molar-refractivity contribution in [1.29, 1.82) is 0 Å². The molecule has 2 heteroatoms. The number of rotatable bonds is 7. The van der Waals surface area contributed by atoms with E-state index in [9.17, 15) is 0 Å². The van der Waals surface area contributed by atoms with Crippen molar-refractivity contribution >= 4 is 66.2 Å². The summed E-state index contributed by atoms with van der Waals surface area (Å²) in [5.74, 6) is 0. The average Bonchev–Trinajstić information content (AvgIpc) is 3.81. The van der Waals surface area contributed by atoms with Gasteiger partial charge in [0.1, 0.15) is 11.2 Å². The fourth-order valence-electron chi connectivity index (χ4n) is 8.68. The molecule has 0 aliphatic rings. The zero-order valence-electron chi connectivity index (χ0n) is 31.3. The van der Waals surface area contributed by atoms with Crippen LogP contribution in [0.25, 0.3) is 94.1 Å². The zero-order valence-corrected chi connectivity index (χ0v) is 31.3. The number of hydrogen-bond acceptors (Lipinski definition) is 1. The molecule has 268 valence electrons. The third-order valence-electron chi connectivity index (χ3n) is 11.5. The number of benzene rings is 9. The fourth-order valence-corrected chi connectivity index (χ4v) is 8.68. The molecule has 2 nitrogen and oxygen atoms in total. The van der Waals surface area contributed by atoms with E-state index in [0.29, 0.717) is 0 Å². The molecular weight excluding hydrogens is 691 g/mol. The Morgan fingerprint density at radius 2 is 1.09 bits per heavy atom. The van der Waals surface area contributed by atoms with Crippen LogP contribution in [-0.2, 0) is 6.42 Å². The molecule has 9 aromatic carbocycles. The van der Waals surface area contributed by atoms with E-state index in [-0.39, 0.29) is 0 Å². The lowest BCUT2D eigenvalue weighted by molar-refractivity contribution is 0.669. The van der Waals surface area contributed by atoms with E-state index in [1.54, 1.807) is 0 Å². The summed E-state index contributed by atoms with van der Waals surface area (Å²) in [4.78, 5) is 0. The summed E-state index contributed by atoms with van der Waals surface area (Å²) in [6.45, 7) is 0. The van der Waals surface area contributed by atoms with E-state index < -0.39 is 0 Å². The maximum Gasteiger partial charge on any atom is 0.136 e. The van der Waals surface area contributed by atoms with Gasteiger partial charge in [-0.05, 0) is 110 Å². The van der Waals surface area contributed by atoms with Crippen LogP contribution < -0.4 is 0 Å². The number of para-hydroxylation sites is 2. The first-order valence-corrected chi connectivity index (χ1v) is 19.6. The van der Waals surface area contributed by atoms with Gasteiger partial charge in [0.25, 0.3) is 0 Å². The molecule has 11 aromatic rings. The fraction of sp³-hybridized carbons (Fsp3) is 0.0182. The minimum atomic E-state index is 0.789. The topological polar surface area (TPSA) is 18.1 Å². The lowest BCUT2D eigenvalue weighted by Crippen LogP contribution is -1.95. The molecule has 0 atom stereocenters. The standard InChI is InChI=1S/C55H37NO/c1-2-13-38(14-3-1)45(32-43-17-6-7-20-47(43)44-29-30-54-50(35-44)51-34-41-15-4-5-16-42(41)36-55(51)57-54)31-37-25-27-39(28-26-37)40-18-12-19-46(33-40)56-52-23-10-8-21-48(52)49-22-9-11-24-53(49)56/h1-31,33-36H,32H2/b45-31-. The number of aromatic nitrogens is 1. The van der Waals surface area contributed by atoms with E-state index in [1.807, 2.05) is 0 Å². The quantitative estimate of drug-likeness (QED) is 0.150. The normalized spacial score (nSPS) is 12.0. The van der Waals surface area contributed by atoms with Crippen molar-refractivity contribution in [3.8, 4) is 27.9 Å². The number of hydrogen-bond donors (Lipinski definition) is 0. The zero-order chi connectivity index (χ0) is 37.7. The van der Waals surface area contributed by atoms with Crippen molar-refractivity contribution in [3.63, 3.8) is 0 Å². The van der Waals surface area contributed by atoms with Crippen LogP contribution in [0.1, 0.15) is 16.7 Å². The van der Waals surface area contributed by atoms with Gasteiger partial charge < -0.3 is 8.98 Å². The molecule has 0 aliphatic heterocycles. The van der Waals surface area contributed by atoms with Gasteiger partial charge in [0, 0.05) is 27.2 Å². The molecule has 11 rings (SSSR count). The summed E-state index contributed by atoms with van der Waals surface area (Å²) >= 11 is 0. The summed E-state index contributed by atoms with van der Waals surface area (Å²) < 4.78 is 8.73. The summed E-state index contributed by atoms with van der Waals surface area (Å²) in [7, 11) is 0. The van der Waals surface area contributed by atoms with Crippen LogP contribution in [0.3, 0.4) is 0 Å². The first kappa shape index (κ1) is 33.0. The van der Waals surface area contributed by atoms with Gasteiger partial charge >= 0.3 is 0 Å². The van der Waals surface area contributed by atoms with Crippen LogP contribution in [0.5, 0.6) is 0 Å². The summed E-state index contributed by atoms with van der Waals surface area (Å²) in [5.41, 5.74) is 15.2.